The minimum Gasteiger partial charge on any atom is -0.348 e. The number of carbonyl (C=O) groups is 2. The summed E-state index contributed by atoms with van der Waals surface area (Å²) in [6.07, 6.45) is 2.37. The molecule has 7 heteroatoms. The molecule has 3 rings (SSSR count). The summed E-state index contributed by atoms with van der Waals surface area (Å²) in [5, 5.41) is 11.0. The molecule has 0 aliphatic rings. The van der Waals surface area contributed by atoms with Crippen LogP contribution in [0.5, 0.6) is 0 Å². The highest BCUT2D eigenvalue weighted by Gasteiger charge is 2.21. The van der Waals surface area contributed by atoms with Crippen molar-refractivity contribution in [1.82, 2.24) is 15.1 Å². The van der Waals surface area contributed by atoms with Crippen LogP contribution in [0.25, 0.3) is 5.69 Å². The van der Waals surface area contributed by atoms with Gasteiger partial charge in [0.15, 0.2) is 0 Å². The van der Waals surface area contributed by atoms with E-state index in [-0.39, 0.29) is 23.7 Å². The fraction of sp³-hybridized carbons (Fsp3) is 0.320. The highest BCUT2D eigenvalue weighted by atomic mass is 35.5. The molecular formula is C25H29ClN4O2. The first-order chi connectivity index (χ1) is 15.3. The van der Waals surface area contributed by atoms with Gasteiger partial charge in [0.1, 0.15) is 0 Å². The monoisotopic (exact) mass is 452 g/mol. The van der Waals surface area contributed by atoms with Gasteiger partial charge in [-0.05, 0) is 48.2 Å². The van der Waals surface area contributed by atoms with Gasteiger partial charge in [0, 0.05) is 23.2 Å². The molecule has 0 saturated heterocycles. The van der Waals surface area contributed by atoms with Crippen LogP contribution in [0.1, 0.15) is 61.6 Å². The van der Waals surface area contributed by atoms with Crippen molar-refractivity contribution in [2.45, 2.75) is 46.6 Å². The van der Waals surface area contributed by atoms with Crippen LogP contribution in [0.2, 0.25) is 5.02 Å². The Balaban J connectivity index is 1.74. The minimum absolute atomic E-state index is 0.0105. The van der Waals surface area contributed by atoms with Gasteiger partial charge in [0.05, 0.1) is 23.1 Å². The molecule has 32 heavy (non-hydrogen) atoms. The lowest BCUT2D eigenvalue weighted by Crippen LogP contribution is -2.24. The van der Waals surface area contributed by atoms with Crippen LogP contribution in [0.3, 0.4) is 0 Å². The Morgan fingerprint density at radius 1 is 1.09 bits per heavy atom. The molecule has 2 amide bonds. The summed E-state index contributed by atoms with van der Waals surface area (Å²) < 4.78 is 1.76. The zero-order valence-electron chi connectivity index (χ0n) is 18.9. The Bertz CT molecular complexity index is 1110. The molecule has 1 unspecified atom stereocenters. The van der Waals surface area contributed by atoms with Crippen LogP contribution in [-0.4, -0.2) is 21.6 Å². The summed E-state index contributed by atoms with van der Waals surface area (Å²) >= 11 is 6.14. The molecule has 1 atom stereocenters. The number of benzene rings is 2. The van der Waals surface area contributed by atoms with E-state index in [0.717, 1.165) is 29.1 Å². The van der Waals surface area contributed by atoms with Crippen LogP contribution in [0.15, 0.2) is 54.7 Å². The molecule has 6 nitrogen and oxygen atoms in total. The van der Waals surface area contributed by atoms with E-state index in [9.17, 15) is 9.59 Å². The minimum atomic E-state index is -0.198. The number of rotatable bonds is 8. The summed E-state index contributed by atoms with van der Waals surface area (Å²) in [4.78, 5) is 25.1. The predicted octanol–water partition coefficient (Wildman–Crippen LogP) is 5.56. The van der Waals surface area contributed by atoms with Crippen LogP contribution in [0, 0.1) is 5.92 Å². The summed E-state index contributed by atoms with van der Waals surface area (Å²) in [6.45, 7) is 8.27. The third kappa shape index (κ3) is 5.56. The first-order valence-electron chi connectivity index (χ1n) is 10.8. The summed E-state index contributed by atoms with van der Waals surface area (Å²) in [6, 6.07) is 14.9. The highest BCUT2D eigenvalue weighted by molar-refractivity contribution is 6.30. The van der Waals surface area contributed by atoms with Crippen LogP contribution in [-0.2, 0) is 11.3 Å². The first-order valence-corrected chi connectivity index (χ1v) is 11.2. The third-order valence-electron chi connectivity index (χ3n) is 5.36. The Morgan fingerprint density at radius 2 is 1.84 bits per heavy atom. The highest BCUT2D eigenvalue weighted by Crippen LogP contribution is 2.24. The molecule has 0 aliphatic heterocycles. The molecule has 0 saturated carbocycles. The van der Waals surface area contributed by atoms with Gasteiger partial charge < -0.3 is 10.6 Å². The van der Waals surface area contributed by atoms with Gasteiger partial charge in [-0.1, -0.05) is 57.5 Å². The van der Waals surface area contributed by atoms with Gasteiger partial charge >= 0.3 is 0 Å². The van der Waals surface area contributed by atoms with Crippen molar-refractivity contribution in [3.8, 4) is 5.69 Å². The topological polar surface area (TPSA) is 76.0 Å². The zero-order chi connectivity index (χ0) is 23.3. The standard InChI is InChI=1S/C25H29ClN4O2/c1-5-17(4)24(31)29-20-10-6-8-18(12-20)14-27-25(32)22-15-28-30(23(22)16(2)3)21-11-7-9-19(26)13-21/h6-13,15-17H,5,14H2,1-4H3,(H,27,32)(H,29,31). The second kappa shape index (κ2) is 10.5. The van der Waals surface area contributed by atoms with Gasteiger partial charge in [-0.25, -0.2) is 4.68 Å². The van der Waals surface area contributed by atoms with Gasteiger partial charge in [-0.15, -0.1) is 0 Å². The maximum Gasteiger partial charge on any atom is 0.255 e. The fourth-order valence-corrected chi connectivity index (χ4v) is 3.57. The van der Waals surface area contributed by atoms with E-state index in [1.54, 1.807) is 16.9 Å². The molecular weight excluding hydrogens is 424 g/mol. The SMILES string of the molecule is CCC(C)C(=O)Nc1cccc(CNC(=O)c2cnn(-c3cccc(Cl)c3)c2C(C)C)c1. The summed E-state index contributed by atoms with van der Waals surface area (Å²) in [7, 11) is 0. The first kappa shape index (κ1) is 23.5. The molecule has 0 radical (unpaired) electrons. The van der Waals surface area contributed by atoms with Gasteiger partial charge in [0.2, 0.25) is 5.91 Å². The summed E-state index contributed by atoms with van der Waals surface area (Å²) in [5.74, 6) is -0.181. The maximum atomic E-state index is 13.0. The second-order valence-corrected chi connectivity index (χ2v) is 8.61. The molecule has 1 heterocycles. The van der Waals surface area contributed by atoms with Crippen molar-refractivity contribution in [1.29, 1.82) is 0 Å². The van der Waals surface area contributed by atoms with Crippen molar-refractivity contribution >= 4 is 29.1 Å². The van der Waals surface area contributed by atoms with Crippen molar-refractivity contribution in [3.63, 3.8) is 0 Å². The lowest BCUT2D eigenvalue weighted by molar-refractivity contribution is -0.119. The summed E-state index contributed by atoms with van der Waals surface area (Å²) in [5.41, 5.74) is 3.78. The van der Waals surface area contributed by atoms with E-state index < -0.39 is 0 Å². The van der Waals surface area contributed by atoms with Gasteiger partial charge in [-0.3, -0.25) is 9.59 Å². The third-order valence-corrected chi connectivity index (χ3v) is 5.59. The second-order valence-electron chi connectivity index (χ2n) is 8.17. The van der Waals surface area contributed by atoms with Crippen LogP contribution < -0.4 is 10.6 Å². The van der Waals surface area contributed by atoms with E-state index >= 15 is 0 Å². The zero-order valence-corrected chi connectivity index (χ0v) is 19.6. The van der Waals surface area contributed by atoms with E-state index in [1.807, 2.05) is 70.2 Å². The van der Waals surface area contributed by atoms with Crippen LogP contribution >= 0.6 is 11.6 Å². The molecule has 0 fully saturated rings. The molecule has 1 aromatic heterocycles. The van der Waals surface area contributed by atoms with E-state index in [4.69, 9.17) is 11.6 Å². The number of halogens is 1. The number of hydrogen-bond donors (Lipinski definition) is 2. The molecule has 2 aromatic carbocycles. The Kier molecular flexibility index (Phi) is 7.70. The number of carbonyl (C=O) groups excluding carboxylic acids is 2. The van der Waals surface area contributed by atoms with Crippen molar-refractivity contribution < 1.29 is 9.59 Å². The maximum absolute atomic E-state index is 13.0. The molecule has 168 valence electrons. The average molecular weight is 453 g/mol. The molecule has 2 N–H and O–H groups in total. The Morgan fingerprint density at radius 3 is 2.53 bits per heavy atom. The quantitative estimate of drug-likeness (QED) is 0.469. The lowest BCUT2D eigenvalue weighted by atomic mass is 10.0. The van der Waals surface area contributed by atoms with Crippen molar-refractivity contribution in [2.75, 3.05) is 5.32 Å². The number of hydrogen-bond acceptors (Lipinski definition) is 3. The molecule has 3 aromatic rings. The fourth-order valence-electron chi connectivity index (χ4n) is 3.39. The number of anilines is 1. The molecule has 0 spiro atoms. The van der Waals surface area contributed by atoms with Gasteiger partial charge in [0.25, 0.3) is 5.91 Å². The van der Waals surface area contributed by atoms with E-state index in [1.165, 1.54) is 0 Å². The number of nitrogens with zero attached hydrogens (tertiary/aromatic N) is 2. The van der Waals surface area contributed by atoms with Crippen molar-refractivity contribution in [2.24, 2.45) is 5.92 Å². The Hall–Kier alpha value is -3.12. The smallest absolute Gasteiger partial charge is 0.255 e. The predicted molar refractivity (Wildman–Crippen MR) is 128 cm³/mol. The normalized spacial score (nSPS) is 11.9. The average Bonchev–Trinajstić information content (AvgIpc) is 3.23. The largest absolute Gasteiger partial charge is 0.348 e. The van der Waals surface area contributed by atoms with E-state index in [2.05, 4.69) is 15.7 Å². The molecule has 0 aliphatic carbocycles. The van der Waals surface area contributed by atoms with E-state index in [0.29, 0.717) is 17.1 Å². The Labute approximate surface area is 194 Å². The number of aromatic nitrogens is 2. The number of nitrogens with one attached hydrogen (secondary N) is 2. The lowest BCUT2D eigenvalue weighted by Gasteiger charge is -2.14. The van der Waals surface area contributed by atoms with Crippen LogP contribution in [0.4, 0.5) is 5.69 Å². The van der Waals surface area contributed by atoms with Crippen molar-refractivity contribution in [3.05, 3.63) is 76.6 Å². The van der Waals surface area contributed by atoms with Gasteiger partial charge in [-0.2, -0.15) is 5.10 Å². The number of amides is 2. The molecule has 0 bridgehead atoms.